The molecule has 0 atom stereocenters. The predicted octanol–water partition coefficient (Wildman–Crippen LogP) is 21.2. The number of anilines is 6. The van der Waals surface area contributed by atoms with E-state index in [1.807, 2.05) is 60.7 Å². The second-order valence-corrected chi connectivity index (χ2v) is 42.7. The molecule has 0 amide bonds. The molecule has 12 rings (SSSR count). The Balaban J connectivity index is 0.00000145. The molecule has 2 fully saturated rings. The zero-order valence-electron chi connectivity index (χ0n) is 75.9. The Labute approximate surface area is 837 Å². The van der Waals surface area contributed by atoms with E-state index in [2.05, 4.69) is 159 Å². The second-order valence-electron chi connectivity index (χ2n) is 28.1. The van der Waals surface area contributed by atoms with Crippen LogP contribution in [0.25, 0.3) is 5.57 Å². The zero-order valence-corrected chi connectivity index (χ0v) is 93.3. The minimum absolute atomic E-state index is 0. The number of nitrogens with zero attached hydrogens (tertiary/aromatic N) is 6. The van der Waals surface area contributed by atoms with Crippen LogP contribution in [0.4, 0.5) is 39.8 Å². The van der Waals surface area contributed by atoms with Crippen LogP contribution in [0.1, 0.15) is 127 Å². The van der Waals surface area contributed by atoms with Gasteiger partial charge >= 0.3 is 44.2 Å². The summed E-state index contributed by atoms with van der Waals surface area (Å²) in [5.74, 6) is 4.51. The Morgan fingerprint density at radius 2 is 0.946 bits per heavy atom. The van der Waals surface area contributed by atoms with Crippen LogP contribution in [0.3, 0.4) is 0 Å². The van der Waals surface area contributed by atoms with Crippen molar-refractivity contribution < 1.29 is 105 Å². The van der Waals surface area contributed by atoms with Crippen LogP contribution in [0.5, 0.6) is 40.2 Å². The van der Waals surface area contributed by atoms with Crippen molar-refractivity contribution in [1.82, 2.24) is 0 Å². The number of hydrogen-bond donors (Lipinski definition) is 4. The minimum atomic E-state index is -3.33. The first-order valence-electron chi connectivity index (χ1n) is 39.6. The van der Waals surface area contributed by atoms with E-state index in [1.54, 1.807) is 123 Å². The summed E-state index contributed by atoms with van der Waals surface area (Å²) in [6.07, 6.45) is 23.8. The van der Waals surface area contributed by atoms with Crippen molar-refractivity contribution >= 4 is 212 Å². The Kier molecular flexibility index (Phi) is 58.2. The topological polar surface area (TPSA) is 362 Å². The maximum atomic E-state index is 12.1. The number of benzene rings is 7. The van der Waals surface area contributed by atoms with E-state index >= 15 is 0 Å². The molecule has 713 valence electrons. The molecule has 5 aliphatic rings. The van der Waals surface area contributed by atoms with Gasteiger partial charge in [0.1, 0.15) is 40.2 Å². The molecule has 1 radical (unpaired) electrons. The Morgan fingerprint density at radius 1 is 0.558 bits per heavy atom. The zero-order chi connectivity index (χ0) is 97.7. The molecule has 0 saturated heterocycles. The van der Waals surface area contributed by atoms with Crippen molar-refractivity contribution in [3.8, 4) is 40.2 Å². The third-order valence-corrected chi connectivity index (χ3v) is 28.2. The number of thiol groups is 1. The molecule has 0 unspecified atom stereocenters. The number of aliphatic hydroxyl groups is 1. The molecule has 7 aromatic rings. The number of alkyl halides is 1. The fourth-order valence-corrected chi connectivity index (χ4v) is 19.6. The van der Waals surface area contributed by atoms with E-state index in [4.69, 9.17) is 44.0 Å². The molecule has 7 aromatic carbocycles. The van der Waals surface area contributed by atoms with Gasteiger partial charge in [-0.05, 0) is 277 Å². The number of nitrogen functional groups attached to an aromatic ring is 1. The number of sulfonamides is 5. The first kappa shape index (κ1) is 123. The maximum Gasteiger partial charge on any atom is 2.00 e. The number of aliphatic hydroxyl groups excluding tert-OH is 1. The number of rotatable bonds is 22. The predicted molar refractivity (Wildman–Crippen MR) is 551 cm³/mol. The summed E-state index contributed by atoms with van der Waals surface area (Å²) in [6, 6.07) is 35.6. The number of ether oxygens (including phenoxy) is 7. The molecular weight excluding hydrogens is 2230 g/mol. The van der Waals surface area contributed by atoms with Crippen LogP contribution in [0, 0.1) is 24.0 Å². The van der Waals surface area contributed by atoms with Gasteiger partial charge in [0.05, 0.1) is 129 Å². The molecule has 3 aliphatic heterocycles. The Bertz CT molecular complexity index is 5330. The molecule has 0 bridgehead atoms. The van der Waals surface area contributed by atoms with Crippen LogP contribution >= 0.6 is 108 Å². The smallest absolute Gasteiger partial charge is 0.346 e. The molecule has 2 aliphatic carbocycles. The van der Waals surface area contributed by atoms with Crippen molar-refractivity contribution in [2.45, 2.75) is 121 Å². The van der Waals surface area contributed by atoms with Crippen molar-refractivity contribution in [2.24, 2.45) is 4.30 Å². The number of nitro benzene ring substituents is 1. The number of unbranched alkanes of at least 4 members (excludes halogenated alkanes) is 2. The monoisotopic (exact) mass is 2340 g/mol. The molecule has 4 N–H and O–H groups in total. The normalized spacial score (nSPS) is 13.6. The number of nitro groups is 1. The van der Waals surface area contributed by atoms with Gasteiger partial charge in [-0.1, -0.05) is 40.7 Å². The third-order valence-electron chi connectivity index (χ3n) is 18.9. The van der Waals surface area contributed by atoms with Crippen LogP contribution < -0.4 is 60.8 Å². The van der Waals surface area contributed by atoms with Gasteiger partial charge in [0.25, 0.3) is 5.69 Å². The molecule has 28 nitrogen and oxygen atoms in total. The van der Waals surface area contributed by atoms with Crippen LogP contribution in [0.2, 0.25) is 0 Å². The van der Waals surface area contributed by atoms with E-state index < -0.39 is 55.0 Å². The summed E-state index contributed by atoms with van der Waals surface area (Å²) >= 11 is 23.0. The number of hydrogen-bond acceptors (Lipinski definition) is 23. The third kappa shape index (κ3) is 41.8. The number of halogens is 6. The van der Waals surface area contributed by atoms with E-state index in [-0.39, 0.29) is 42.6 Å². The van der Waals surface area contributed by atoms with Gasteiger partial charge in [0.15, 0.2) is 0 Å². The standard InChI is InChI=1S/C14H18BrNO3S.C14H19NO3S.C13H18BrNO3S.C13H17NO3S.C8H10BrNO3S.C7H6BrNO3.C7H8BrNO.C5H9Br.C2H6O.2C2H5.BHNS.Zn/c1-19-13-9-12-10(8-11(13)15)14(5-6-14)4-3-7-16(12)20(2,17)18;1-18-11-4-5-12-13(10-11)15(19(2,16)17)9-3-6-14(12)7-8-14;1-4-5-6-9-15(19(3,16)17)13-10-11(18-2)7-8-12(13)14;1-10-5-4-8-14(18(3,15)16)13-9-11(17-2)6-7-12(10)13;1-13-6-3-4-7(9)8(5-6)10-14(2,11)12;1-12-5-2-3-6(8)7(4-5)9(10)11;1-10-5-2-3-6(8)7(9)4-5;1-2-3-4-5-6;1-2-3;2*1-2;1-2-3;/h8-9H,3-7H2,1-2H3;4-5,10H,3,6-9H2,1-2H3;4,7-8,10H,1,5-6,9H2,2-3H3;6-7,9H,1,4-5,8H2,2-3H3;3-5,10H,1-2H3;2-4H,1H3;2-4H,9H2,1H3;2H,1,3-5H2;3H,2H2,1H3;2*1H2,2H3;3H;/q;;;;;;;;;2*-1;;+2. The number of nitrogens with two attached hydrogens (primary N) is 1. The van der Waals surface area contributed by atoms with Crippen molar-refractivity contribution in [2.75, 3.05) is 147 Å². The maximum absolute atomic E-state index is 12.1. The summed E-state index contributed by atoms with van der Waals surface area (Å²) in [4.78, 5) is 9.94. The molecular formula is C87H122BBr6N8O20S6Zn. The van der Waals surface area contributed by atoms with E-state index in [0.29, 0.717) is 92.4 Å². The second kappa shape index (κ2) is 61.1. The molecule has 42 heteroatoms. The number of allylic oxidation sites excluding steroid dienone is 3. The summed E-state index contributed by atoms with van der Waals surface area (Å²) < 4.78 is 168. The van der Waals surface area contributed by atoms with Gasteiger partial charge in [-0.25, -0.2) is 42.1 Å². The van der Waals surface area contributed by atoms with Crippen molar-refractivity contribution in [3.63, 3.8) is 0 Å². The molecule has 129 heavy (non-hydrogen) atoms. The van der Waals surface area contributed by atoms with Crippen molar-refractivity contribution in [3.05, 3.63) is 216 Å². The molecule has 0 aromatic heterocycles. The number of fused-ring (bicyclic) bond motifs is 5. The van der Waals surface area contributed by atoms with Gasteiger partial charge in [-0.3, -0.25) is 32.1 Å². The summed E-state index contributed by atoms with van der Waals surface area (Å²) in [6.45, 7) is 25.2. The largest absolute Gasteiger partial charge is 2.00 e. The molecule has 2 saturated carbocycles. The Morgan fingerprint density at radius 3 is 1.36 bits per heavy atom. The fraction of sp³-hybridized carbons (Fsp3) is 0.425. The van der Waals surface area contributed by atoms with Crippen molar-refractivity contribution in [1.29, 1.82) is 0 Å². The quantitative estimate of drug-likeness (QED) is 0.00563. The van der Waals surface area contributed by atoms with Gasteiger partial charge in [0.2, 0.25) is 50.1 Å². The fourth-order valence-electron chi connectivity index (χ4n) is 12.7. The van der Waals surface area contributed by atoms with E-state index in [9.17, 15) is 52.2 Å². The van der Waals surface area contributed by atoms with Gasteiger partial charge in [0, 0.05) is 99.2 Å². The first-order valence-corrected chi connectivity index (χ1v) is 54.4. The minimum Gasteiger partial charge on any atom is -0.346 e. The van der Waals surface area contributed by atoms with Gasteiger partial charge in [-0.15, -0.1) is 13.2 Å². The average Bonchev–Trinajstić information content (AvgIpc) is 1.58. The van der Waals surface area contributed by atoms with E-state index in [1.165, 1.54) is 87.4 Å². The van der Waals surface area contributed by atoms with Crippen LogP contribution in [-0.4, -0.2) is 179 Å². The summed E-state index contributed by atoms with van der Waals surface area (Å²) in [7, 11) is -1.10. The SMILES string of the molecule is C=C1CCCN(S(C)(=O)=O)c2cc(OC)ccc21.C=CCCCBr.C=CCCCN(c1cc(OC)ccc1Br)S(C)(=O)=O.CCO.COc1cc2c(cc1Br)C1(CCCN2S(C)(=O)=O)CC1.COc1ccc(Br)c(N)c1.COc1ccc(Br)c(NS(C)(=O)=O)c1.COc1ccc(Br)c([N+](=O)[O-])c1.COc1ccc2c(c1)N(S(C)(=O)=O)CCCC21CC1.[B]=NS.[CH2-]C.[CH2-]C.[Zn+2]. The van der Waals surface area contributed by atoms with Gasteiger partial charge in [-0.2, -0.15) is 13.8 Å². The van der Waals surface area contributed by atoms with Gasteiger partial charge < -0.3 is 57.8 Å². The first-order chi connectivity index (χ1) is 60.2. The molecule has 3 heterocycles. The van der Waals surface area contributed by atoms with Crippen LogP contribution in [-0.2, 0) is 80.4 Å². The summed E-state index contributed by atoms with van der Waals surface area (Å²) in [5, 5.41) is 19.1. The molecule has 2 spiro atoms. The Hall–Kier alpha value is -6.01. The summed E-state index contributed by atoms with van der Waals surface area (Å²) in [5.41, 5.74) is 14.2. The van der Waals surface area contributed by atoms with E-state index in [0.717, 1.165) is 129 Å². The average molecular weight is 2350 g/mol. The van der Waals surface area contributed by atoms with Crippen LogP contribution in [0.15, 0.2) is 180 Å². The number of methoxy groups -OCH3 is 7. The number of nitrogens with one attached hydrogen (secondary N) is 1.